The van der Waals surface area contributed by atoms with Gasteiger partial charge in [0.15, 0.2) is 0 Å². The molecule has 1 fully saturated rings. The Kier molecular flexibility index (Phi) is 5.26. The number of benzene rings is 1. The monoisotopic (exact) mass is 260 g/mol. The van der Waals surface area contributed by atoms with Crippen molar-refractivity contribution in [2.24, 2.45) is 11.7 Å². The summed E-state index contributed by atoms with van der Waals surface area (Å²) in [6.07, 6.45) is 6.42. The Bertz CT molecular complexity index is 361. The average molecular weight is 260 g/mol. The molecule has 1 aromatic carbocycles. The van der Waals surface area contributed by atoms with E-state index in [-0.39, 0.29) is 6.04 Å². The molecule has 1 heterocycles. The Hall–Kier alpha value is -1.02. The average Bonchev–Trinajstić information content (AvgIpc) is 2.40. The van der Waals surface area contributed by atoms with Crippen LogP contribution in [0.15, 0.2) is 24.3 Å². The number of nitrogens with zero attached hydrogens (tertiary/aromatic N) is 1. The quantitative estimate of drug-likeness (QED) is 0.876. The fraction of sp³-hybridized carbons (Fsp3) is 0.647. The second kappa shape index (κ2) is 6.95. The fourth-order valence-electron chi connectivity index (χ4n) is 3.10. The molecule has 19 heavy (non-hydrogen) atoms. The highest BCUT2D eigenvalue weighted by Gasteiger charge is 2.18. The molecule has 0 saturated carbocycles. The number of hydrogen-bond acceptors (Lipinski definition) is 2. The highest BCUT2D eigenvalue weighted by molar-refractivity contribution is 5.48. The van der Waals surface area contributed by atoms with Crippen LogP contribution in [0.5, 0.6) is 0 Å². The number of anilines is 1. The van der Waals surface area contributed by atoms with Crippen LogP contribution in [0.2, 0.25) is 0 Å². The van der Waals surface area contributed by atoms with Gasteiger partial charge in [-0.15, -0.1) is 0 Å². The summed E-state index contributed by atoms with van der Waals surface area (Å²) < 4.78 is 0. The highest BCUT2D eigenvalue weighted by Crippen LogP contribution is 2.26. The van der Waals surface area contributed by atoms with Gasteiger partial charge in [-0.05, 0) is 49.8 Å². The molecule has 0 bridgehead atoms. The molecule has 2 rings (SSSR count). The minimum atomic E-state index is 0.246. The summed E-state index contributed by atoms with van der Waals surface area (Å²) in [7, 11) is 0. The van der Waals surface area contributed by atoms with Gasteiger partial charge >= 0.3 is 0 Å². The van der Waals surface area contributed by atoms with Gasteiger partial charge in [0.05, 0.1) is 0 Å². The van der Waals surface area contributed by atoms with Crippen LogP contribution in [-0.4, -0.2) is 19.1 Å². The van der Waals surface area contributed by atoms with Gasteiger partial charge < -0.3 is 10.6 Å². The first-order valence-electron chi connectivity index (χ1n) is 7.78. The summed E-state index contributed by atoms with van der Waals surface area (Å²) in [5.74, 6) is 0.957. The third kappa shape index (κ3) is 4.24. The van der Waals surface area contributed by atoms with Crippen LogP contribution in [-0.2, 0) is 6.42 Å². The Balaban J connectivity index is 1.89. The third-order valence-corrected chi connectivity index (χ3v) is 4.17. The summed E-state index contributed by atoms with van der Waals surface area (Å²) in [6, 6.07) is 9.24. The van der Waals surface area contributed by atoms with E-state index in [9.17, 15) is 0 Å². The summed E-state index contributed by atoms with van der Waals surface area (Å²) in [5, 5.41) is 0. The molecule has 106 valence electrons. The second-order valence-corrected chi connectivity index (χ2v) is 6.07. The molecule has 2 N–H and O–H groups in total. The van der Waals surface area contributed by atoms with Crippen LogP contribution in [0, 0.1) is 5.92 Å². The normalized spacial score (nSPS) is 18.6. The predicted molar refractivity (Wildman–Crippen MR) is 83.6 cm³/mol. The minimum Gasteiger partial charge on any atom is -0.372 e. The molecule has 2 nitrogen and oxygen atoms in total. The topological polar surface area (TPSA) is 29.3 Å². The molecule has 0 amide bonds. The standard InChI is InChI=1S/C17H28N2/c1-3-4-15-9-11-19(12-10-15)17-7-5-16(6-8-17)13-14(2)18/h5-8,14-15H,3-4,9-13,18H2,1-2H3. The van der Waals surface area contributed by atoms with Crippen LogP contribution in [0.3, 0.4) is 0 Å². The van der Waals surface area contributed by atoms with Crippen molar-refractivity contribution in [1.29, 1.82) is 0 Å². The smallest absolute Gasteiger partial charge is 0.0366 e. The molecule has 1 aliphatic rings. The molecule has 2 heteroatoms. The van der Waals surface area contributed by atoms with Crippen molar-refractivity contribution in [2.75, 3.05) is 18.0 Å². The van der Waals surface area contributed by atoms with Crippen molar-refractivity contribution in [1.82, 2.24) is 0 Å². The zero-order chi connectivity index (χ0) is 13.7. The lowest BCUT2D eigenvalue weighted by Gasteiger charge is -2.33. The van der Waals surface area contributed by atoms with Gasteiger partial charge in [-0.3, -0.25) is 0 Å². The van der Waals surface area contributed by atoms with Gasteiger partial charge in [-0.2, -0.15) is 0 Å². The fourth-order valence-corrected chi connectivity index (χ4v) is 3.10. The maximum Gasteiger partial charge on any atom is 0.0366 e. The van der Waals surface area contributed by atoms with E-state index in [2.05, 4.69) is 43.0 Å². The number of rotatable bonds is 5. The summed E-state index contributed by atoms with van der Waals surface area (Å²) >= 11 is 0. The van der Waals surface area contributed by atoms with Crippen molar-refractivity contribution in [2.45, 2.75) is 52.0 Å². The van der Waals surface area contributed by atoms with E-state index in [1.165, 1.54) is 50.0 Å². The highest BCUT2D eigenvalue weighted by atomic mass is 15.1. The second-order valence-electron chi connectivity index (χ2n) is 6.07. The van der Waals surface area contributed by atoms with Crippen molar-refractivity contribution in [3.63, 3.8) is 0 Å². The first-order chi connectivity index (χ1) is 9.19. The third-order valence-electron chi connectivity index (χ3n) is 4.17. The zero-order valence-electron chi connectivity index (χ0n) is 12.4. The molecular formula is C17H28N2. The predicted octanol–water partition coefficient (Wildman–Crippen LogP) is 3.59. The Morgan fingerprint density at radius 1 is 1.21 bits per heavy atom. The lowest BCUT2D eigenvalue weighted by molar-refractivity contribution is 0.378. The largest absolute Gasteiger partial charge is 0.372 e. The zero-order valence-corrected chi connectivity index (χ0v) is 12.4. The first kappa shape index (κ1) is 14.4. The van der Waals surface area contributed by atoms with Crippen LogP contribution in [0.25, 0.3) is 0 Å². The molecule has 0 aromatic heterocycles. The van der Waals surface area contributed by atoms with Gasteiger partial charge in [0.1, 0.15) is 0 Å². The molecule has 0 spiro atoms. The van der Waals surface area contributed by atoms with Gasteiger partial charge in [-0.1, -0.05) is 31.9 Å². The maximum atomic E-state index is 5.84. The van der Waals surface area contributed by atoms with Crippen LogP contribution >= 0.6 is 0 Å². The Morgan fingerprint density at radius 2 is 1.84 bits per heavy atom. The van der Waals surface area contributed by atoms with Gasteiger partial charge in [0, 0.05) is 24.8 Å². The first-order valence-corrected chi connectivity index (χ1v) is 7.78. The maximum absolute atomic E-state index is 5.84. The van der Waals surface area contributed by atoms with Gasteiger partial charge in [-0.25, -0.2) is 0 Å². The molecular weight excluding hydrogens is 232 g/mol. The van der Waals surface area contributed by atoms with Crippen molar-refractivity contribution >= 4 is 5.69 Å². The van der Waals surface area contributed by atoms with Crippen molar-refractivity contribution < 1.29 is 0 Å². The van der Waals surface area contributed by atoms with E-state index in [0.29, 0.717) is 0 Å². The summed E-state index contributed by atoms with van der Waals surface area (Å²) in [6.45, 7) is 6.80. The molecule has 0 radical (unpaired) electrons. The van der Waals surface area contributed by atoms with Crippen molar-refractivity contribution in [3.8, 4) is 0 Å². The van der Waals surface area contributed by atoms with Crippen molar-refractivity contribution in [3.05, 3.63) is 29.8 Å². The van der Waals surface area contributed by atoms with E-state index in [1.54, 1.807) is 0 Å². The van der Waals surface area contributed by atoms with Gasteiger partial charge in [0.2, 0.25) is 0 Å². The van der Waals surface area contributed by atoms with E-state index >= 15 is 0 Å². The van der Waals surface area contributed by atoms with Gasteiger partial charge in [0.25, 0.3) is 0 Å². The number of piperidine rings is 1. The van der Waals surface area contributed by atoms with E-state index in [0.717, 1.165) is 12.3 Å². The lowest BCUT2D eigenvalue weighted by atomic mass is 9.92. The molecule has 1 aromatic rings. The SMILES string of the molecule is CCCC1CCN(c2ccc(CC(C)N)cc2)CC1. The summed E-state index contributed by atoms with van der Waals surface area (Å²) in [5.41, 5.74) is 8.56. The number of hydrogen-bond donors (Lipinski definition) is 1. The molecule has 0 aliphatic carbocycles. The number of nitrogens with two attached hydrogens (primary N) is 1. The van der Waals surface area contributed by atoms with E-state index < -0.39 is 0 Å². The minimum absolute atomic E-state index is 0.246. The van der Waals surface area contributed by atoms with Crippen LogP contribution < -0.4 is 10.6 Å². The molecule has 1 saturated heterocycles. The molecule has 1 aliphatic heterocycles. The van der Waals surface area contributed by atoms with Crippen LogP contribution in [0.4, 0.5) is 5.69 Å². The molecule has 1 unspecified atom stereocenters. The lowest BCUT2D eigenvalue weighted by Crippen LogP contribution is -2.33. The Morgan fingerprint density at radius 3 is 2.37 bits per heavy atom. The Labute approximate surface area is 118 Å². The summed E-state index contributed by atoms with van der Waals surface area (Å²) in [4.78, 5) is 2.53. The van der Waals surface area contributed by atoms with E-state index in [1.807, 2.05) is 0 Å². The molecule has 1 atom stereocenters. The van der Waals surface area contributed by atoms with E-state index in [4.69, 9.17) is 5.73 Å². The van der Waals surface area contributed by atoms with Crippen LogP contribution in [0.1, 0.15) is 45.1 Å².